The summed E-state index contributed by atoms with van der Waals surface area (Å²) in [6.07, 6.45) is 0.0343. The van der Waals surface area contributed by atoms with E-state index in [1.54, 1.807) is 11.6 Å². The number of aromatic nitrogens is 2. The molecular weight excluding hydrogens is 470 g/mol. The topological polar surface area (TPSA) is 84.2 Å². The van der Waals surface area contributed by atoms with Crippen molar-refractivity contribution in [3.63, 3.8) is 0 Å². The fourth-order valence-corrected chi connectivity index (χ4v) is 3.82. The fraction of sp³-hybridized carbons (Fsp3) is 0.500. The van der Waals surface area contributed by atoms with E-state index in [0.29, 0.717) is 28.7 Å². The van der Waals surface area contributed by atoms with Gasteiger partial charge in [0.2, 0.25) is 6.29 Å². The summed E-state index contributed by atoms with van der Waals surface area (Å²) in [5.74, 6) is 0.459. The van der Waals surface area contributed by atoms with Gasteiger partial charge < -0.3 is 18.9 Å². The predicted molar refractivity (Wildman–Crippen MR) is 137 cm³/mol. The lowest BCUT2D eigenvalue weighted by atomic mass is 9.86. The third kappa shape index (κ3) is 6.64. The minimum absolute atomic E-state index is 0.0185. The molecule has 0 radical (unpaired) electrons. The van der Waals surface area contributed by atoms with E-state index in [-0.39, 0.29) is 24.7 Å². The molecule has 35 heavy (non-hydrogen) atoms. The SMILES string of the molecule is CCn1nc(C)c(Cl)c1/C(OC(C)OC(=O)OCCOC)=C(/c1ccc(C(C)(C)C)cc1)C1C=N1. The molecule has 2 aromatic rings. The highest BCUT2D eigenvalue weighted by molar-refractivity contribution is 6.33. The molecule has 2 atom stereocenters. The van der Waals surface area contributed by atoms with Crippen LogP contribution in [-0.4, -0.2) is 54.8 Å². The number of methoxy groups -OCH3 is 1. The highest BCUT2D eigenvalue weighted by Gasteiger charge is 2.32. The Bertz CT molecular complexity index is 1090. The first-order valence-electron chi connectivity index (χ1n) is 11.7. The van der Waals surface area contributed by atoms with E-state index < -0.39 is 12.4 Å². The van der Waals surface area contributed by atoms with Gasteiger partial charge >= 0.3 is 6.16 Å². The third-order valence-electron chi connectivity index (χ3n) is 5.52. The van der Waals surface area contributed by atoms with Crippen molar-refractivity contribution in [1.29, 1.82) is 0 Å². The Balaban J connectivity index is 2.05. The van der Waals surface area contributed by atoms with Gasteiger partial charge in [0.05, 0.1) is 17.3 Å². The van der Waals surface area contributed by atoms with Crippen molar-refractivity contribution in [2.24, 2.45) is 4.99 Å². The number of carbonyl (C=O) groups is 1. The highest BCUT2D eigenvalue weighted by Crippen LogP contribution is 2.39. The Kier molecular flexibility index (Phi) is 8.61. The quantitative estimate of drug-likeness (QED) is 0.180. The van der Waals surface area contributed by atoms with E-state index in [0.717, 1.165) is 11.1 Å². The summed E-state index contributed by atoms with van der Waals surface area (Å²) in [6.45, 7) is 12.9. The number of halogens is 1. The molecule has 1 aromatic carbocycles. The minimum atomic E-state index is -0.959. The number of nitrogens with zero attached hydrogens (tertiary/aromatic N) is 3. The van der Waals surface area contributed by atoms with E-state index in [9.17, 15) is 4.79 Å². The lowest BCUT2D eigenvalue weighted by molar-refractivity contribution is -0.0701. The van der Waals surface area contributed by atoms with Crippen molar-refractivity contribution in [3.8, 4) is 0 Å². The Morgan fingerprint density at radius 3 is 2.37 bits per heavy atom. The average molecular weight is 504 g/mol. The number of carbonyl (C=O) groups excluding carboxylic acids is 1. The molecule has 0 saturated heterocycles. The Morgan fingerprint density at radius 2 is 1.83 bits per heavy atom. The van der Waals surface area contributed by atoms with Gasteiger partial charge in [-0.25, -0.2) is 4.79 Å². The molecule has 0 fully saturated rings. The number of hydrogen-bond donors (Lipinski definition) is 0. The summed E-state index contributed by atoms with van der Waals surface area (Å²) in [7, 11) is 1.52. The molecular formula is C26H34ClN3O5. The zero-order valence-corrected chi connectivity index (χ0v) is 22.2. The summed E-state index contributed by atoms with van der Waals surface area (Å²) in [4.78, 5) is 16.5. The Morgan fingerprint density at radius 1 is 1.17 bits per heavy atom. The summed E-state index contributed by atoms with van der Waals surface area (Å²) in [6, 6.07) is 8.14. The van der Waals surface area contributed by atoms with Crippen molar-refractivity contribution in [2.75, 3.05) is 20.3 Å². The van der Waals surface area contributed by atoms with Crippen molar-refractivity contribution < 1.29 is 23.7 Å². The number of hydrogen-bond acceptors (Lipinski definition) is 7. The van der Waals surface area contributed by atoms with Crippen LogP contribution in [0.25, 0.3) is 11.3 Å². The molecule has 9 heteroatoms. The molecule has 2 heterocycles. The van der Waals surface area contributed by atoms with Gasteiger partial charge in [0.1, 0.15) is 18.3 Å². The van der Waals surface area contributed by atoms with Crippen molar-refractivity contribution in [2.45, 2.75) is 65.8 Å². The van der Waals surface area contributed by atoms with Crippen LogP contribution in [0.3, 0.4) is 0 Å². The fourth-order valence-electron chi connectivity index (χ4n) is 3.60. The molecule has 8 nitrogen and oxygen atoms in total. The van der Waals surface area contributed by atoms with E-state index in [2.05, 4.69) is 55.1 Å². The van der Waals surface area contributed by atoms with Crippen LogP contribution in [0.5, 0.6) is 0 Å². The smallest absolute Gasteiger partial charge is 0.452 e. The van der Waals surface area contributed by atoms with Crippen LogP contribution in [0.2, 0.25) is 5.02 Å². The van der Waals surface area contributed by atoms with E-state index in [4.69, 9.17) is 30.5 Å². The van der Waals surface area contributed by atoms with Crippen LogP contribution in [0.1, 0.15) is 57.1 Å². The second kappa shape index (κ2) is 11.3. The van der Waals surface area contributed by atoms with Gasteiger partial charge in [0, 0.05) is 32.4 Å². The van der Waals surface area contributed by atoms with Gasteiger partial charge in [-0.1, -0.05) is 56.6 Å². The third-order valence-corrected chi connectivity index (χ3v) is 5.98. The number of aryl methyl sites for hydroxylation is 2. The largest absolute Gasteiger partial charge is 0.511 e. The van der Waals surface area contributed by atoms with Gasteiger partial charge in [0.25, 0.3) is 0 Å². The van der Waals surface area contributed by atoms with E-state index >= 15 is 0 Å². The highest BCUT2D eigenvalue weighted by atomic mass is 35.5. The Hall–Kier alpha value is -2.84. The van der Waals surface area contributed by atoms with Gasteiger partial charge in [-0.15, -0.1) is 0 Å². The molecule has 2 unspecified atom stereocenters. The summed E-state index contributed by atoms with van der Waals surface area (Å²) in [5, 5.41) is 5.03. The standard InChI is InChI=1S/C26H34ClN3O5/c1-8-30-23(22(27)16(2)29-30)24(34-17(3)35-25(31)33-14-13-32-7)21(20-15-28-20)18-9-11-19(12-10-18)26(4,5)6/h9-12,15,17,20H,8,13-14H2,1-7H3/b24-21+. The van der Waals surface area contributed by atoms with Gasteiger partial charge in [-0.05, 0) is 30.4 Å². The lowest BCUT2D eigenvalue weighted by Crippen LogP contribution is -2.21. The van der Waals surface area contributed by atoms with Crippen LogP contribution in [0, 0.1) is 6.92 Å². The molecule has 1 aliphatic rings. The monoisotopic (exact) mass is 503 g/mol. The van der Waals surface area contributed by atoms with Gasteiger partial charge in [-0.3, -0.25) is 9.67 Å². The molecule has 190 valence electrons. The second-order valence-corrected chi connectivity index (χ2v) is 9.65. The molecule has 0 saturated carbocycles. The first kappa shape index (κ1) is 26.8. The predicted octanol–water partition coefficient (Wildman–Crippen LogP) is 5.65. The van der Waals surface area contributed by atoms with Gasteiger partial charge in [0.15, 0.2) is 5.76 Å². The van der Waals surface area contributed by atoms with Crippen LogP contribution in [0.15, 0.2) is 29.3 Å². The zero-order chi connectivity index (χ0) is 25.8. The number of aliphatic imine (C=N–C) groups is 1. The maximum Gasteiger partial charge on any atom is 0.511 e. The summed E-state index contributed by atoms with van der Waals surface area (Å²) < 4.78 is 23.3. The minimum Gasteiger partial charge on any atom is -0.452 e. The van der Waals surface area contributed by atoms with Crippen LogP contribution >= 0.6 is 11.6 Å². The molecule has 1 aliphatic heterocycles. The molecule has 0 bridgehead atoms. The molecule has 0 amide bonds. The second-order valence-electron chi connectivity index (χ2n) is 9.27. The van der Waals surface area contributed by atoms with E-state index in [1.807, 2.05) is 20.1 Å². The molecule has 1 aromatic heterocycles. The summed E-state index contributed by atoms with van der Waals surface area (Å²) >= 11 is 6.72. The van der Waals surface area contributed by atoms with Crippen molar-refractivity contribution >= 4 is 35.3 Å². The van der Waals surface area contributed by atoms with Crippen molar-refractivity contribution in [1.82, 2.24) is 9.78 Å². The first-order chi connectivity index (χ1) is 16.6. The average Bonchev–Trinajstić information content (AvgIpc) is 3.58. The number of benzene rings is 1. The summed E-state index contributed by atoms with van der Waals surface area (Å²) in [5.41, 5.74) is 4.28. The first-order valence-corrected chi connectivity index (χ1v) is 12.0. The maximum absolute atomic E-state index is 12.1. The normalized spacial score (nSPS) is 16.5. The van der Waals surface area contributed by atoms with E-state index in [1.165, 1.54) is 12.7 Å². The lowest BCUT2D eigenvalue weighted by Gasteiger charge is -2.23. The molecule has 0 aliphatic carbocycles. The molecule has 0 spiro atoms. The molecule has 0 N–H and O–H groups in total. The van der Waals surface area contributed by atoms with Gasteiger partial charge in [-0.2, -0.15) is 5.10 Å². The zero-order valence-electron chi connectivity index (χ0n) is 21.4. The van der Waals surface area contributed by atoms with Crippen LogP contribution < -0.4 is 0 Å². The Labute approximate surface area is 211 Å². The van der Waals surface area contributed by atoms with Crippen molar-refractivity contribution in [3.05, 3.63) is 51.8 Å². The number of rotatable bonds is 10. The molecule has 3 rings (SSSR count). The van der Waals surface area contributed by atoms with Crippen LogP contribution in [0.4, 0.5) is 4.79 Å². The van der Waals surface area contributed by atoms with Crippen LogP contribution in [-0.2, 0) is 30.9 Å². The number of ether oxygens (including phenoxy) is 4. The maximum atomic E-state index is 12.1.